The van der Waals surface area contributed by atoms with E-state index in [1.807, 2.05) is 12.1 Å². The van der Waals surface area contributed by atoms with Crippen LogP contribution in [0, 0.1) is 0 Å². The summed E-state index contributed by atoms with van der Waals surface area (Å²) >= 11 is 0. The molecule has 2 amide bonds. The number of nitrogen functional groups attached to an aromatic ring is 2. The van der Waals surface area contributed by atoms with Crippen LogP contribution in [-0.2, 0) is 9.59 Å². The second kappa shape index (κ2) is 9.27. The van der Waals surface area contributed by atoms with E-state index in [4.69, 9.17) is 11.5 Å². The molecule has 132 valence electrons. The minimum absolute atomic E-state index is 0.0758. The first-order valence-electron chi connectivity index (χ1n) is 8.19. The van der Waals surface area contributed by atoms with Crippen LogP contribution in [0.3, 0.4) is 0 Å². The molecule has 0 saturated heterocycles. The van der Waals surface area contributed by atoms with Crippen molar-refractivity contribution in [3.63, 3.8) is 0 Å². The zero-order valence-corrected chi connectivity index (χ0v) is 14.0. The van der Waals surface area contributed by atoms with Gasteiger partial charge in [-0.15, -0.1) is 0 Å². The first-order chi connectivity index (χ1) is 12.0. The van der Waals surface area contributed by atoms with Crippen molar-refractivity contribution in [1.29, 1.82) is 0 Å². The highest BCUT2D eigenvalue weighted by Gasteiger charge is 2.06. The van der Waals surface area contributed by atoms with Gasteiger partial charge in [-0.2, -0.15) is 0 Å². The summed E-state index contributed by atoms with van der Waals surface area (Å²) in [5.74, 6) is -0.165. The van der Waals surface area contributed by atoms with Crippen molar-refractivity contribution in [2.24, 2.45) is 0 Å². The molecule has 0 spiro atoms. The summed E-state index contributed by atoms with van der Waals surface area (Å²) in [7, 11) is 0. The first kappa shape index (κ1) is 18.3. The molecule has 0 unspecified atom stereocenters. The van der Waals surface area contributed by atoms with Gasteiger partial charge in [-0.25, -0.2) is 0 Å². The van der Waals surface area contributed by atoms with Crippen molar-refractivity contribution in [3.05, 3.63) is 42.7 Å². The number of carbonyl (C=O) groups is 2. The maximum atomic E-state index is 11.9. The molecule has 2 aromatic rings. The molecule has 1 aromatic heterocycles. The highest BCUT2D eigenvalue weighted by Crippen LogP contribution is 2.17. The van der Waals surface area contributed by atoms with Gasteiger partial charge in [0.25, 0.3) is 0 Å². The number of para-hydroxylation sites is 2. The molecule has 2 rings (SSSR count). The van der Waals surface area contributed by atoms with E-state index in [9.17, 15) is 9.59 Å². The van der Waals surface area contributed by atoms with E-state index in [1.54, 1.807) is 24.4 Å². The lowest BCUT2D eigenvalue weighted by molar-refractivity contribution is -0.116. The molecule has 7 nitrogen and oxygen atoms in total. The number of amides is 2. The number of nitrogens with two attached hydrogens (primary N) is 2. The van der Waals surface area contributed by atoms with Crippen LogP contribution in [0.15, 0.2) is 42.7 Å². The van der Waals surface area contributed by atoms with Crippen molar-refractivity contribution < 1.29 is 9.59 Å². The fourth-order valence-corrected chi connectivity index (χ4v) is 2.32. The molecule has 0 saturated carbocycles. The fourth-order valence-electron chi connectivity index (χ4n) is 2.32. The molecular weight excluding hydrogens is 318 g/mol. The standard InChI is InChI=1S/C18H23N5O2/c19-13-10-14(12-21-11-13)22-17(24)8-2-1-3-9-18(25)23-16-7-5-4-6-15(16)20/h4-7,10-12H,1-3,8-9,19-20H2,(H,22,24)(H,23,25). The Morgan fingerprint density at radius 1 is 0.920 bits per heavy atom. The first-order valence-corrected chi connectivity index (χ1v) is 8.19. The van der Waals surface area contributed by atoms with Crippen LogP contribution in [0.5, 0.6) is 0 Å². The van der Waals surface area contributed by atoms with Gasteiger partial charge in [0, 0.05) is 19.0 Å². The van der Waals surface area contributed by atoms with Gasteiger partial charge in [-0.3, -0.25) is 14.6 Å². The third-order valence-electron chi connectivity index (χ3n) is 3.59. The van der Waals surface area contributed by atoms with Crippen molar-refractivity contribution in [2.75, 3.05) is 22.1 Å². The van der Waals surface area contributed by atoms with Gasteiger partial charge < -0.3 is 22.1 Å². The van der Waals surface area contributed by atoms with Crippen LogP contribution in [-0.4, -0.2) is 16.8 Å². The average Bonchev–Trinajstić information content (AvgIpc) is 2.56. The summed E-state index contributed by atoms with van der Waals surface area (Å²) in [5, 5.41) is 5.53. The second-order valence-electron chi connectivity index (χ2n) is 5.75. The molecule has 25 heavy (non-hydrogen) atoms. The van der Waals surface area contributed by atoms with Gasteiger partial charge in [0.1, 0.15) is 0 Å². The molecule has 0 atom stereocenters. The zero-order valence-electron chi connectivity index (χ0n) is 14.0. The van der Waals surface area contributed by atoms with E-state index >= 15 is 0 Å². The number of nitrogens with zero attached hydrogens (tertiary/aromatic N) is 1. The van der Waals surface area contributed by atoms with Gasteiger partial charge in [0.2, 0.25) is 11.8 Å². The summed E-state index contributed by atoms with van der Waals surface area (Å²) in [4.78, 5) is 27.6. The number of hydrogen-bond acceptors (Lipinski definition) is 5. The highest BCUT2D eigenvalue weighted by atomic mass is 16.2. The molecule has 0 fully saturated rings. The number of pyridine rings is 1. The van der Waals surface area contributed by atoms with Gasteiger partial charge >= 0.3 is 0 Å². The molecule has 1 aromatic carbocycles. The normalized spacial score (nSPS) is 10.2. The smallest absolute Gasteiger partial charge is 0.224 e. The molecule has 0 bridgehead atoms. The van der Waals surface area contributed by atoms with Crippen molar-refractivity contribution >= 4 is 34.6 Å². The molecule has 6 N–H and O–H groups in total. The Balaban J connectivity index is 1.60. The van der Waals surface area contributed by atoms with E-state index in [0.717, 1.165) is 6.42 Å². The van der Waals surface area contributed by atoms with Crippen LogP contribution in [0.4, 0.5) is 22.7 Å². The predicted octanol–water partition coefficient (Wildman–Crippen LogP) is 2.77. The Hall–Kier alpha value is -3.09. The lowest BCUT2D eigenvalue weighted by atomic mass is 10.1. The summed E-state index contributed by atoms with van der Waals surface area (Å²) in [6.45, 7) is 0. The Morgan fingerprint density at radius 3 is 2.28 bits per heavy atom. The lowest BCUT2D eigenvalue weighted by Crippen LogP contribution is -2.13. The van der Waals surface area contributed by atoms with Gasteiger partial charge in [0.05, 0.1) is 28.9 Å². The number of rotatable bonds is 8. The van der Waals surface area contributed by atoms with Crippen LogP contribution >= 0.6 is 0 Å². The van der Waals surface area contributed by atoms with E-state index in [0.29, 0.717) is 48.4 Å². The summed E-state index contributed by atoms with van der Waals surface area (Å²) in [6, 6.07) is 8.80. The van der Waals surface area contributed by atoms with Crippen LogP contribution in [0.1, 0.15) is 32.1 Å². The van der Waals surface area contributed by atoms with Crippen LogP contribution in [0.25, 0.3) is 0 Å². The maximum absolute atomic E-state index is 11.9. The largest absolute Gasteiger partial charge is 0.397 e. The molecule has 1 heterocycles. The van der Waals surface area contributed by atoms with Crippen molar-refractivity contribution in [1.82, 2.24) is 4.98 Å². The highest BCUT2D eigenvalue weighted by molar-refractivity contribution is 5.93. The van der Waals surface area contributed by atoms with Gasteiger partial charge in [-0.1, -0.05) is 18.6 Å². The molecule has 0 radical (unpaired) electrons. The molecular formula is C18H23N5O2. The van der Waals surface area contributed by atoms with E-state index in [2.05, 4.69) is 15.6 Å². The lowest BCUT2D eigenvalue weighted by Gasteiger charge is -2.08. The summed E-state index contributed by atoms with van der Waals surface area (Å²) in [6.07, 6.45) is 6.07. The number of benzene rings is 1. The Morgan fingerprint density at radius 2 is 1.60 bits per heavy atom. The number of unbranched alkanes of at least 4 members (excludes halogenated alkanes) is 2. The quantitative estimate of drug-likeness (QED) is 0.434. The maximum Gasteiger partial charge on any atom is 0.224 e. The number of anilines is 4. The number of hydrogen-bond donors (Lipinski definition) is 4. The minimum Gasteiger partial charge on any atom is -0.397 e. The molecule has 0 aliphatic rings. The number of aromatic nitrogens is 1. The number of carbonyl (C=O) groups excluding carboxylic acids is 2. The van der Waals surface area contributed by atoms with Gasteiger partial charge in [0.15, 0.2) is 0 Å². The Kier molecular flexibility index (Phi) is 6.76. The van der Waals surface area contributed by atoms with Crippen molar-refractivity contribution in [2.45, 2.75) is 32.1 Å². The van der Waals surface area contributed by atoms with Gasteiger partial charge in [-0.05, 0) is 31.0 Å². The Labute approximate surface area is 146 Å². The second-order valence-corrected chi connectivity index (χ2v) is 5.75. The molecule has 7 heteroatoms. The summed E-state index contributed by atoms with van der Waals surface area (Å²) < 4.78 is 0. The van der Waals surface area contributed by atoms with E-state index in [1.165, 1.54) is 6.20 Å². The van der Waals surface area contributed by atoms with E-state index in [-0.39, 0.29) is 11.8 Å². The monoisotopic (exact) mass is 341 g/mol. The molecule has 0 aliphatic heterocycles. The SMILES string of the molecule is Nc1cncc(NC(=O)CCCCCC(=O)Nc2ccccc2N)c1. The zero-order chi connectivity index (χ0) is 18.1. The topological polar surface area (TPSA) is 123 Å². The van der Waals surface area contributed by atoms with Crippen LogP contribution < -0.4 is 22.1 Å². The van der Waals surface area contributed by atoms with Crippen molar-refractivity contribution in [3.8, 4) is 0 Å². The third kappa shape index (κ3) is 6.50. The summed E-state index contributed by atoms with van der Waals surface area (Å²) in [5.41, 5.74) is 13.6. The molecule has 0 aliphatic carbocycles. The fraction of sp³-hybridized carbons (Fsp3) is 0.278. The number of nitrogens with one attached hydrogen (secondary N) is 2. The predicted molar refractivity (Wildman–Crippen MR) is 99.8 cm³/mol. The van der Waals surface area contributed by atoms with E-state index < -0.39 is 0 Å². The Bertz CT molecular complexity index is 733. The minimum atomic E-state index is -0.0890. The third-order valence-corrected chi connectivity index (χ3v) is 3.59. The average molecular weight is 341 g/mol. The van der Waals surface area contributed by atoms with Crippen LogP contribution in [0.2, 0.25) is 0 Å².